The van der Waals surface area contributed by atoms with Crippen LogP contribution in [0, 0.1) is 11.3 Å². The van der Waals surface area contributed by atoms with E-state index in [1.54, 1.807) is 0 Å². The van der Waals surface area contributed by atoms with E-state index in [1.165, 1.54) is 24.4 Å². The molecule has 0 aliphatic heterocycles. The highest BCUT2D eigenvalue weighted by Crippen LogP contribution is 2.38. The lowest BCUT2D eigenvalue weighted by Gasteiger charge is -2.06. The number of nitrogens with zero attached hydrogens (tertiary/aromatic N) is 4. The molecule has 2 aromatic heterocycles. The second kappa shape index (κ2) is 5.76. The summed E-state index contributed by atoms with van der Waals surface area (Å²) in [6.07, 6.45) is -3.13. The quantitative estimate of drug-likeness (QED) is 0.639. The van der Waals surface area contributed by atoms with Crippen molar-refractivity contribution in [3.8, 4) is 6.07 Å². The SMILES string of the molecule is N#CC(c1ccnc(Cl)n1)c1nc2c(C(F)(F)F)cccc2s1. The van der Waals surface area contributed by atoms with Gasteiger partial charge in [0, 0.05) is 6.20 Å². The fraction of sp³-hybridized carbons (Fsp3) is 0.143. The summed E-state index contributed by atoms with van der Waals surface area (Å²) < 4.78 is 39.5. The summed E-state index contributed by atoms with van der Waals surface area (Å²) in [7, 11) is 0. The molecular formula is C14H6ClF3N4S. The summed E-state index contributed by atoms with van der Waals surface area (Å²) in [5.41, 5.74) is -0.699. The molecule has 3 rings (SSSR count). The topological polar surface area (TPSA) is 62.5 Å². The van der Waals surface area contributed by atoms with E-state index < -0.39 is 17.7 Å². The normalized spacial score (nSPS) is 13.0. The fourth-order valence-electron chi connectivity index (χ4n) is 2.07. The number of hydrogen-bond donors (Lipinski definition) is 0. The third-order valence-electron chi connectivity index (χ3n) is 3.06. The van der Waals surface area contributed by atoms with E-state index in [0.29, 0.717) is 10.4 Å². The molecule has 0 aliphatic carbocycles. The minimum absolute atomic E-state index is 0.0418. The van der Waals surface area contributed by atoms with Crippen molar-refractivity contribution in [2.24, 2.45) is 0 Å². The van der Waals surface area contributed by atoms with Gasteiger partial charge in [0.1, 0.15) is 10.9 Å². The molecule has 0 aliphatic rings. The molecule has 1 unspecified atom stereocenters. The van der Waals surface area contributed by atoms with Crippen molar-refractivity contribution in [1.82, 2.24) is 15.0 Å². The van der Waals surface area contributed by atoms with Gasteiger partial charge in [-0.15, -0.1) is 11.3 Å². The van der Waals surface area contributed by atoms with Crippen LogP contribution in [-0.2, 0) is 6.18 Å². The van der Waals surface area contributed by atoms with Gasteiger partial charge in [-0.25, -0.2) is 15.0 Å². The number of halogens is 4. The highest BCUT2D eigenvalue weighted by molar-refractivity contribution is 7.18. The molecule has 3 aromatic rings. The molecule has 9 heteroatoms. The Bertz CT molecular complexity index is 916. The lowest BCUT2D eigenvalue weighted by molar-refractivity contribution is -0.136. The summed E-state index contributed by atoms with van der Waals surface area (Å²) >= 11 is 6.72. The smallest absolute Gasteiger partial charge is 0.239 e. The van der Waals surface area contributed by atoms with Gasteiger partial charge in [0.25, 0.3) is 0 Å². The first kappa shape index (κ1) is 15.6. The molecule has 4 nitrogen and oxygen atoms in total. The number of benzene rings is 1. The monoisotopic (exact) mass is 354 g/mol. The molecule has 0 amide bonds. The number of hydrogen-bond acceptors (Lipinski definition) is 5. The molecule has 0 saturated heterocycles. The Morgan fingerprint density at radius 3 is 2.65 bits per heavy atom. The molecule has 0 saturated carbocycles. The first-order valence-electron chi connectivity index (χ1n) is 6.25. The van der Waals surface area contributed by atoms with Crippen molar-refractivity contribution in [2.45, 2.75) is 12.1 Å². The van der Waals surface area contributed by atoms with Crippen LogP contribution < -0.4 is 0 Å². The number of aromatic nitrogens is 3. The Hall–Kier alpha value is -2.24. The number of alkyl halides is 3. The number of thiazole rings is 1. The molecule has 0 radical (unpaired) electrons. The van der Waals surface area contributed by atoms with Crippen LogP contribution in [0.5, 0.6) is 0 Å². The lowest BCUT2D eigenvalue weighted by atomic mass is 10.1. The van der Waals surface area contributed by atoms with Gasteiger partial charge in [0.2, 0.25) is 5.28 Å². The Labute approximate surface area is 137 Å². The Morgan fingerprint density at radius 2 is 2.00 bits per heavy atom. The third kappa shape index (κ3) is 2.98. The van der Waals surface area contributed by atoms with E-state index in [-0.39, 0.29) is 15.8 Å². The number of rotatable bonds is 2. The summed E-state index contributed by atoms with van der Waals surface area (Å²) in [6.45, 7) is 0. The number of nitriles is 1. The standard InChI is InChI=1S/C14H6ClF3N4S/c15-13-20-5-4-9(21-13)7(6-19)12-22-11-8(14(16,17)18)2-1-3-10(11)23-12/h1-5,7H. The Morgan fingerprint density at radius 1 is 1.22 bits per heavy atom. The van der Waals surface area contributed by atoms with Crippen LogP contribution in [0.4, 0.5) is 13.2 Å². The first-order valence-corrected chi connectivity index (χ1v) is 7.44. The molecule has 0 fully saturated rings. The summed E-state index contributed by atoms with van der Waals surface area (Å²) in [5.74, 6) is -0.908. The second-order valence-corrected chi connectivity index (χ2v) is 5.92. The van der Waals surface area contributed by atoms with Gasteiger partial charge in [-0.1, -0.05) is 6.07 Å². The van der Waals surface area contributed by atoms with Crippen molar-refractivity contribution in [2.75, 3.05) is 0 Å². The Balaban J connectivity index is 2.15. The van der Waals surface area contributed by atoms with Gasteiger partial charge in [-0.05, 0) is 29.8 Å². The van der Waals surface area contributed by atoms with Crippen molar-refractivity contribution < 1.29 is 13.2 Å². The average molecular weight is 355 g/mol. The predicted molar refractivity (Wildman–Crippen MR) is 79.1 cm³/mol. The van der Waals surface area contributed by atoms with E-state index in [2.05, 4.69) is 15.0 Å². The maximum atomic E-state index is 13.0. The summed E-state index contributed by atoms with van der Waals surface area (Å²) in [4.78, 5) is 11.7. The zero-order chi connectivity index (χ0) is 16.6. The van der Waals surface area contributed by atoms with Crippen LogP contribution in [0.25, 0.3) is 10.2 Å². The zero-order valence-electron chi connectivity index (χ0n) is 11.2. The number of fused-ring (bicyclic) bond motifs is 1. The van der Waals surface area contributed by atoms with E-state index >= 15 is 0 Å². The molecule has 0 spiro atoms. The maximum Gasteiger partial charge on any atom is 0.418 e. The van der Waals surface area contributed by atoms with Crippen LogP contribution in [0.1, 0.15) is 22.2 Å². The first-order chi connectivity index (χ1) is 10.9. The van der Waals surface area contributed by atoms with E-state index in [0.717, 1.165) is 17.4 Å². The zero-order valence-corrected chi connectivity index (χ0v) is 12.7. The van der Waals surface area contributed by atoms with Gasteiger partial charge in [0.05, 0.1) is 27.5 Å². The third-order valence-corrected chi connectivity index (χ3v) is 4.33. The minimum Gasteiger partial charge on any atom is -0.239 e. The second-order valence-electron chi connectivity index (χ2n) is 4.51. The largest absolute Gasteiger partial charge is 0.418 e. The molecule has 2 heterocycles. The van der Waals surface area contributed by atoms with Crippen LogP contribution in [0.2, 0.25) is 5.28 Å². The molecule has 1 atom stereocenters. The van der Waals surface area contributed by atoms with Crippen molar-refractivity contribution in [1.29, 1.82) is 5.26 Å². The van der Waals surface area contributed by atoms with Crippen LogP contribution >= 0.6 is 22.9 Å². The van der Waals surface area contributed by atoms with E-state index in [1.807, 2.05) is 6.07 Å². The summed E-state index contributed by atoms with van der Waals surface area (Å²) in [6, 6.07) is 7.30. The molecule has 23 heavy (non-hydrogen) atoms. The van der Waals surface area contributed by atoms with Gasteiger partial charge in [0.15, 0.2) is 0 Å². The van der Waals surface area contributed by atoms with Crippen molar-refractivity contribution in [3.63, 3.8) is 0 Å². The molecule has 116 valence electrons. The minimum atomic E-state index is -4.51. The van der Waals surface area contributed by atoms with Gasteiger partial charge in [-0.3, -0.25) is 0 Å². The fourth-order valence-corrected chi connectivity index (χ4v) is 3.28. The average Bonchev–Trinajstić information content (AvgIpc) is 2.90. The lowest BCUT2D eigenvalue weighted by Crippen LogP contribution is -2.06. The Kier molecular flexibility index (Phi) is 3.92. The van der Waals surface area contributed by atoms with Crippen LogP contribution in [0.3, 0.4) is 0 Å². The highest BCUT2D eigenvalue weighted by atomic mass is 35.5. The van der Waals surface area contributed by atoms with Crippen LogP contribution in [0.15, 0.2) is 30.5 Å². The molecule has 0 N–H and O–H groups in total. The van der Waals surface area contributed by atoms with Crippen LogP contribution in [-0.4, -0.2) is 15.0 Å². The molecule has 0 bridgehead atoms. The summed E-state index contributed by atoms with van der Waals surface area (Å²) in [5, 5.41) is 9.56. The molecular weight excluding hydrogens is 349 g/mol. The number of para-hydroxylation sites is 1. The van der Waals surface area contributed by atoms with Crippen molar-refractivity contribution >= 4 is 33.2 Å². The van der Waals surface area contributed by atoms with E-state index in [9.17, 15) is 18.4 Å². The maximum absolute atomic E-state index is 13.0. The van der Waals surface area contributed by atoms with Gasteiger partial charge in [-0.2, -0.15) is 18.4 Å². The molecule has 1 aromatic carbocycles. The predicted octanol–water partition coefficient (Wildman–Crippen LogP) is 4.41. The van der Waals surface area contributed by atoms with Gasteiger partial charge < -0.3 is 0 Å². The highest BCUT2D eigenvalue weighted by Gasteiger charge is 2.34. The van der Waals surface area contributed by atoms with Crippen molar-refractivity contribution in [3.05, 3.63) is 52.0 Å². The van der Waals surface area contributed by atoms with Gasteiger partial charge >= 0.3 is 6.18 Å². The van der Waals surface area contributed by atoms with E-state index in [4.69, 9.17) is 11.6 Å².